The number of allylic oxidation sites excluding steroid dienone is 7. The van der Waals surface area contributed by atoms with Gasteiger partial charge in [-0.15, -0.1) is 0 Å². The molecule has 9 unspecified atom stereocenters. The first-order valence-corrected chi connectivity index (χ1v) is 21.0. The van der Waals surface area contributed by atoms with Crippen molar-refractivity contribution in [2.45, 2.75) is 183 Å². The molecule has 4 aliphatic carbocycles. The molecule has 0 aromatic heterocycles. The van der Waals surface area contributed by atoms with Gasteiger partial charge in [-0.1, -0.05) is 129 Å². The smallest absolute Gasteiger partial charge is 0.306 e. The minimum absolute atomic E-state index is 0.0470. The van der Waals surface area contributed by atoms with Crippen molar-refractivity contribution < 1.29 is 9.53 Å². The average molecular weight is 661 g/mol. The van der Waals surface area contributed by atoms with Crippen molar-refractivity contribution >= 4 is 5.97 Å². The highest BCUT2D eigenvalue weighted by atomic mass is 16.5. The molecule has 0 saturated heterocycles. The van der Waals surface area contributed by atoms with Gasteiger partial charge in [-0.2, -0.15) is 0 Å². The zero-order valence-electron chi connectivity index (χ0n) is 32.6. The van der Waals surface area contributed by atoms with E-state index in [1.165, 1.54) is 83.5 Å². The molecule has 2 nitrogen and oxygen atoms in total. The third-order valence-electron chi connectivity index (χ3n) is 14.1. The average Bonchev–Trinajstić information content (AvgIpc) is 3.42. The van der Waals surface area contributed by atoms with Gasteiger partial charge in [0.15, 0.2) is 0 Å². The van der Waals surface area contributed by atoms with E-state index < -0.39 is 0 Å². The van der Waals surface area contributed by atoms with Crippen LogP contribution in [0.25, 0.3) is 0 Å². The fourth-order valence-electron chi connectivity index (χ4n) is 11.1. The number of hydrogen-bond donors (Lipinski definition) is 0. The van der Waals surface area contributed by atoms with Crippen LogP contribution in [0, 0.1) is 52.3 Å². The number of ether oxygens (including phenoxy) is 1. The van der Waals surface area contributed by atoms with Crippen molar-refractivity contribution in [1.82, 2.24) is 0 Å². The molecule has 3 fully saturated rings. The van der Waals surface area contributed by atoms with Gasteiger partial charge in [0.1, 0.15) is 6.10 Å². The third kappa shape index (κ3) is 10.0. The predicted molar refractivity (Wildman–Crippen MR) is 207 cm³/mol. The van der Waals surface area contributed by atoms with E-state index in [1.807, 2.05) is 0 Å². The molecule has 0 bridgehead atoms. The van der Waals surface area contributed by atoms with Crippen LogP contribution in [0.3, 0.4) is 0 Å². The third-order valence-corrected chi connectivity index (χ3v) is 14.1. The monoisotopic (exact) mass is 661 g/mol. The number of carbonyl (C=O) groups excluding carboxylic acids is 1. The lowest BCUT2D eigenvalue weighted by molar-refractivity contribution is -0.151. The van der Waals surface area contributed by atoms with Crippen LogP contribution in [0.5, 0.6) is 0 Å². The number of hydrogen-bond acceptors (Lipinski definition) is 2. The Kier molecular flexibility index (Phi) is 15.6. The SMILES string of the molecule is CC/C=C/C/C=C/CCCCCCCCCC(=O)OC1CCC2(C)C(=CCC3C2CCC2(C)C(C(C)/C=C/C(CC)C(C)C)CCC32)C1. The summed E-state index contributed by atoms with van der Waals surface area (Å²) in [6, 6.07) is 0. The number of esters is 1. The van der Waals surface area contributed by atoms with Crippen molar-refractivity contribution in [1.29, 1.82) is 0 Å². The quantitative estimate of drug-likeness (QED) is 0.0783. The summed E-state index contributed by atoms with van der Waals surface area (Å²) >= 11 is 0. The highest BCUT2D eigenvalue weighted by Crippen LogP contribution is 2.67. The van der Waals surface area contributed by atoms with Crippen LogP contribution in [0.1, 0.15) is 177 Å². The maximum atomic E-state index is 12.8. The molecule has 0 N–H and O–H groups in total. The molecule has 0 aliphatic heterocycles. The summed E-state index contributed by atoms with van der Waals surface area (Å²) in [5.41, 5.74) is 2.43. The normalized spacial score (nSPS) is 33.2. The van der Waals surface area contributed by atoms with Gasteiger partial charge in [0, 0.05) is 12.8 Å². The Morgan fingerprint density at radius 1 is 0.854 bits per heavy atom. The van der Waals surface area contributed by atoms with Crippen LogP contribution in [-0.4, -0.2) is 12.1 Å². The van der Waals surface area contributed by atoms with Crippen molar-refractivity contribution in [2.24, 2.45) is 52.3 Å². The molecule has 4 aliphatic rings. The molecule has 4 rings (SSSR count). The Balaban J connectivity index is 1.17. The highest BCUT2D eigenvalue weighted by Gasteiger charge is 2.59. The number of unbranched alkanes of at least 4 members (excludes halogenated alkanes) is 7. The van der Waals surface area contributed by atoms with Gasteiger partial charge < -0.3 is 4.74 Å². The molecular weight excluding hydrogens is 585 g/mol. The summed E-state index contributed by atoms with van der Waals surface area (Å²) in [7, 11) is 0. The van der Waals surface area contributed by atoms with E-state index in [0.29, 0.717) is 29.1 Å². The molecule has 2 heteroatoms. The van der Waals surface area contributed by atoms with E-state index in [-0.39, 0.29) is 12.1 Å². The maximum absolute atomic E-state index is 12.8. The van der Waals surface area contributed by atoms with Gasteiger partial charge in [0.2, 0.25) is 0 Å². The molecule has 0 radical (unpaired) electrons. The first-order chi connectivity index (χ1) is 23.1. The highest BCUT2D eigenvalue weighted by molar-refractivity contribution is 5.69. The second kappa shape index (κ2) is 19.2. The van der Waals surface area contributed by atoms with Gasteiger partial charge in [0.05, 0.1) is 0 Å². The second-order valence-corrected chi connectivity index (χ2v) is 17.5. The Bertz CT molecular complexity index is 1090. The zero-order chi connectivity index (χ0) is 34.6. The Labute approximate surface area is 298 Å². The van der Waals surface area contributed by atoms with Crippen LogP contribution < -0.4 is 0 Å². The van der Waals surface area contributed by atoms with Crippen LogP contribution in [-0.2, 0) is 9.53 Å². The van der Waals surface area contributed by atoms with Crippen molar-refractivity contribution in [2.75, 3.05) is 0 Å². The number of rotatable bonds is 19. The van der Waals surface area contributed by atoms with E-state index >= 15 is 0 Å². The topological polar surface area (TPSA) is 26.3 Å². The van der Waals surface area contributed by atoms with Gasteiger partial charge in [-0.25, -0.2) is 0 Å². The van der Waals surface area contributed by atoms with E-state index in [4.69, 9.17) is 4.74 Å². The largest absolute Gasteiger partial charge is 0.462 e. The number of fused-ring (bicyclic) bond motifs is 5. The minimum Gasteiger partial charge on any atom is -0.462 e. The first kappa shape index (κ1) is 39.2. The Morgan fingerprint density at radius 2 is 1.58 bits per heavy atom. The van der Waals surface area contributed by atoms with E-state index in [1.54, 1.807) is 5.57 Å². The fraction of sp³-hybridized carbons (Fsp3) is 0.804. The summed E-state index contributed by atoms with van der Waals surface area (Å²) < 4.78 is 6.13. The summed E-state index contributed by atoms with van der Waals surface area (Å²) in [4.78, 5) is 12.8. The molecule has 0 spiro atoms. The van der Waals surface area contributed by atoms with Crippen molar-refractivity contribution in [3.63, 3.8) is 0 Å². The Hall–Kier alpha value is -1.57. The summed E-state index contributed by atoms with van der Waals surface area (Å²) in [6.45, 7) is 17.1. The van der Waals surface area contributed by atoms with Crippen LogP contribution in [0.4, 0.5) is 0 Å². The second-order valence-electron chi connectivity index (χ2n) is 17.5. The van der Waals surface area contributed by atoms with Crippen molar-refractivity contribution in [3.8, 4) is 0 Å². The number of carbonyl (C=O) groups is 1. The van der Waals surface area contributed by atoms with Crippen LogP contribution >= 0.6 is 0 Å². The van der Waals surface area contributed by atoms with E-state index in [0.717, 1.165) is 68.1 Å². The molecule has 0 heterocycles. The molecule has 0 aromatic rings. The van der Waals surface area contributed by atoms with E-state index in [9.17, 15) is 4.79 Å². The minimum atomic E-state index is 0.0470. The van der Waals surface area contributed by atoms with Gasteiger partial charge in [0.25, 0.3) is 0 Å². The molecule has 0 aromatic carbocycles. The first-order valence-electron chi connectivity index (χ1n) is 21.0. The zero-order valence-corrected chi connectivity index (χ0v) is 32.6. The lowest BCUT2D eigenvalue weighted by atomic mass is 9.47. The summed E-state index contributed by atoms with van der Waals surface area (Å²) in [6.07, 6.45) is 41.0. The Morgan fingerprint density at radius 3 is 2.31 bits per heavy atom. The molecule has 48 heavy (non-hydrogen) atoms. The molecule has 272 valence electrons. The van der Waals surface area contributed by atoms with Crippen LogP contribution in [0.15, 0.2) is 48.1 Å². The van der Waals surface area contributed by atoms with Gasteiger partial charge in [-0.3, -0.25) is 4.79 Å². The molecule has 9 atom stereocenters. The lowest BCUT2D eigenvalue weighted by Crippen LogP contribution is -2.51. The standard InChI is InChI=1S/C46H76O2/c1-8-10-11-12-13-14-15-16-17-18-19-20-21-22-23-44(47)48-39-30-32-45(6)38(34-39)26-27-40-42-29-28-41(46(42,7)33-31-43(40)45)36(5)24-25-37(9-2)35(3)4/h10-11,13-14,24-26,35-37,39-43H,8-9,12,15-23,27-34H2,1-7H3/b11-10+,14-13+,25-24+. The van der Waals surface area contributed by atoms with Crippen LogP contribution in [0.2, 0.25) is 0 Å². The molecular formula is C46H76O2. The molecule has 0 amide bonds. The van der Waals surface area contributed by atoms with E-state index in [2.05, 4.69) is 91.0 Å². The molecule has 3 saturated carbocycles. The lowest BCUT2D eigenvalue weighted by Gasteiger charge is -2.58. The summed E-state index contributed by atoms with van der Waals surface area (Å²) in [5, 5.41) is 0. The van der Waals surface area contributed by atoms with Crippen molar-refractivity contribution in [3.05, 3.63) is 48.1 Å². The summed E-state index contributed by atoms with van der Waals surface area (Å²) in [5.74, 6) is 5.52. The maximum Gasteiger partial charge on any atom is 0.306 e. The van der Waals surface area contributed by atoms with Gasteiger partial charge >= 0.3 is 5.97 Å². The fourth-order valence-corrected chi connectivity index (χ4v) is 11.1. The van der Waals surface area contributed by atoms with Gasteiger partial charge in [-0.05, 0) is 136 Å². The predicted octanol–water partition coefficient (Wildman–Crippen LogP) is 13.8.